The number of rotatable bonds is 9. The summed E-state index contributed by atoms with van der Waals surface area (Å²) in [6.07, 6.45) is 1.75. The maximum atomic E-state index is 13.6. The van der Waals surface area contributed by atoms with Crippen molar-refractivity contribution in [2.75, 3.05) is 18.1 Å². The molecule has 0 radical (unpaired) electrons. The summed E-state index contributed by atoms with van der Waals surface area (Å²) >= 11 is 1.36. The molecule has 1 saturated heterocycles. The van der Waals surface area contributed by atoms with E-state index in [4.69, 9.17) is 14.5 Å². The Hall–Kier alpha value is -4.17. The Morgan fingerprint density at radius 3 is 2.12 bits per heavy atom. The number of amides is 1. The summed E-state index contributed by atoms with van der Waals surface area (Å²) < 4.78 is 12.3. The number of nitrogens with zero attached hydrogens (tertiary/aromatic N) is 2. The van der Waals surface area contributed by atoms with Crippen molar-refractivity contribution in [2.45, 2.75) is 46.6 Å². The third-order valence-corrected chi connectivity index (χ3v) is 7.74. The van der Waals surface area contributed by atoms with E-state index in [2.05, 4.69) is 0 Å². The molecular weight excluding hydrogens is 524 g/mol. The molecule has 1 atom stereocenters. The number of fused-ring (bicyclic) bond motifs is 1. The molecule has 0 saturated carbocycles. The number of carbonyl (C=O) groups is 2. The normalized spacial score (nSPS) is 16.6. The number of anilines is 1. The van der Waals surface area contributed by atoms with Gasteiger partial charge in [0.1, 0.15) is 17.3 Å². The zero-order chi connectivity index (χ0) is 28.4. The second kappa shape index (κ2) is 11.5. The standard InChI is InChI=1S/C32H32N2O5S/c1-5-15-38-23-11-7-21(8-12-23)28-26(29(35)22-9-13-24(14-10-22)39-16-6-2)30(36)31(37)34(28)32-33-27-20(4)17-19(3)18-25(27)40-32/h7-14,17-18,28,35H,5-6,15-16H2,1-4H3. The zero-order valence-corrected chi connectivity index (χ0v) is 23.9. The molecule has 1 N–H and O–H groups in total. The molecule has 1 aromatic heterocycles. The van der Waals surface area contributed by atoms with E-state index in [1.54, 1.807) is 24.3 Å². The fraction of sp³-hybridized carbons (Fsp3) is 0.281. The number of aromatic nitrogens is 1. The van der Waals surface area contributed by atoms with Crippen molar-refractivity contribution in [3.8, 4) is 11.5 Å². The molecule has 3 aromatic carbocycles. The Kier molecular flexibility index (Phi) is 7.89. The average Bonchev–Trinajstić information content (AvgIpc) is 3.49. The quantitative estimate of drug-likeness (QED) is 0.134. The van der Waals surface area contributed by atoms with Crippen molar-refractivity contribution in [2.24, 2.45) is 0 Å². The fourth-order valence-electron chi connectivity index (χ4n) is 4.86. The molecular formula is C32H32N2O5S. The Bertz CT molecular complexity index is 1590. The fourth-order valence-corrected chi connectivity index (χ4v) is 6.03. The molecule has 1 amide bonds. The van der Waals surface area contributed by atoms with Crippen molar-refractivity contribution >= 4 is 44.1 Å². The highest BCUT2D eigenvalue weighted by atomic mass is 32.1. The van der Waals surface area contributed by atoms with Crippen LogP contribution < -0.4 is 14.4 Å². The minimum atomic E-state index is -0.863. The Balaban J connectivity index is 1.63. The van der Waals surface area contributed by atoms with Gasteiger partial charge >= 0.3 is 5.91 Å². The number of Topliss-reactive ketones (excluding diaryl/α,β-unsaturated/α-hetero) is 1. The molecule has 5 rings (SSSR count). The maximum Gasteiger partial charge on any atom is 0.301 e. The molecule has 1 fully saturated rings. The molecule has 1 aliphatic rings. The zero-order valence-electron chi connectivity index (χ0n) is 23.1. The number of aliphatic hydroxyl groups excluding tert-OH is 1. The number of aliphatic hydroxyl groups is 1. The maximum absolute atomic E-state index is 13.6. The topological polar surface area (TPSA) is 89.0 Å². The van der Waals surface area contributed by atoms with E-state index in [0.717, 1.165) is 34.2 Å². The van der Waals surface area contributed by atoms with E-state index < -0.39 is 17.7 Å². The largest absolute Gasteiger partial charge is 0.507 e. The molecule has 8 heteroatoms. The lowest BCUT2D eigenvalue weighted by Gasteiger charge is -2.23. The van der Waals surface area contributed by atoms with E-state index in [0.29, 0.717) is 41.0 Å². The number of carbonyl (C=O) groups excluding carboxylic acids is 2. The summed E-state index contributed by atoms with van der Waals surface area (Å²) in [5.41, 5.74) is 3.98. The van der Waals surface area contributed by atoms with Gasteiger partial charge < -0.3 is 14.6 Å². The van der Waals surface area contributed by atoms with Gasteiger partial charge in [-0.05, 0) is 85.8 Å². The van der Waals surface area contributed by atoms with E-state index >= 15 is 0 Å². The van der Waals surface area contributed by atoms with Gasteiger partial charge in [-0.1, -0.05) is 43.4 Å². The van der Waals surface area contributed by atoms with Crippen molar-refractivity contribution in [1.29, 1.82) is 0 Å². The van der Waals surface area contributed by atoms with Crippen LogP contribution in [0.15, 0.2) is 66.2 Å². The molecule has 4 aromatic rings. The third kappa shape index (κ3) is 5.19. The number of ether oxygens (including phenoxy) is 2. The predicted molar refractivity (Wildman–Crippen MR) is 158 cm³/mol. The van der Waals surface area contributed by atoms with Gasteiger partial charge in [0.25, 0.3) is 5.78 Å². The number of benzene rings is 3. The van der Waals surface area contributed by atoms with E-state index in [1.165, 1.54) is 16.2 Å². The van der Waals surface area contributed by atoms with Crippen LogP contribution in [0.1, 0.15) is 55.0 Å². The second-order valence-corrected chi connectivity index (χ2v) is 10.9. The van der Waals surface area contributed by atoms with Crippen LogP contribution in [0.3, 0.4) is 0 Å². The van der Waals surface area contributed by atoms with Gasteiger partial charge in [0.2, 0.25) is 0 Å². The molecule has 2 heterocycles. The predicted octanol–water partition coefficient (Wildman–Crippen LogP) is 7.12. The van der Waals surface area contributed by atoms with Crippen LogP contribution in [0.25, 0.3) is 16.0 Å². The highest BCUT2D eigenvalue weighted by Gasteiger charge is 2.48. The average molecular weight is 557 g/mol. The first-order valence-electron chi connectivity index (χ1n) is 13.5. The lowest BCUT2D eigenvalue weighted by Crippen LogP contribution is -2.29. The van der Waals surface area contributed by atoms with Crippen molar-refractivity contribution < 1.29 is 24.2 Å². The Morgan fingerprint density at radius 2 is 1.52 bits per heavy atom. The van der Waals surface area contributed by atoms with Gasteiger partial charge in [-0.2, -0.15) is 0 Å². The summed E-state index contributed by atoms with van der Waals surface area (Å²) in [7, 11) is 0. The molecule has 0 bridgehead atoms. The summed E-state index contributed by atoms with van der Waals surface area (Å²) in [4.78, 5) is 33.4. The van der Waals surface area contributed by atoms with Gasteiger partial charge in [0.05, 0.1) is 35.0 Å². The van der Waals surface area contributed by atoms with E-state index in [1.807, 2.05) is 64.1 Å². The molecule has 0 spiro atoms. The second-order valence-electron chi connectivity index (χ2n) is 9.88. The first-order valence-corrected chi connectivity index (χ1v) is 14.3. The number of ketones is 1. The summed E-state index contributed by atoms with van der Waals surface area (Å²) in [5, 5.41) is 11.9. The van der Waals surface area contributed by atoms with Crippen LogP contribution in [0.2, 0.25) is 0 Å². The smallest absolute Gasteiger partial charge is 0.301 e. The van der Waals surface area contributed by atoms with Gasteiger partial charge in [0, 0.05) is 5.56 Å². The van der Waals surface area contributed by atoms with Gasteiger partial charge in [0.15, 0.2) is 5.13 Å². The first-order chi connectivity index (χ1) is 19.3. The van der Waals surface area contributed by atoms with Crippen LogP contribution in [-0.4, -0.2) is 35.0 Å². The third-order valence-electron chi connectivity index (χ3n) is 6.74. The molecule has 7 nitrogen and oxygen atoms in total. The van der Waals surface area contributed by atoms with Gasteiger partial charge in [-0.15, -0.1) is 0 Å². The lowest BCUT2D eigenvalue weighted by molar-refractivity contribution is -0.132. The SMILES string of the molecule is CCCOc1ccc(C(O)=C2C(=O)C(=O)N(c3nc4c(C)cc(C)cc4s3)C2c2ccc(OCCC)cc2)cc1. The van der Waals surface area contributed by atoms with Crippen molar-refractivity contribution in [3.05, 3.63) is 88.5 Å². The van der Waals surface area contributed by atoms with Crippen molar-refractivity contribution in [3.63, 3.8) is 0 Å². The highest BCUT2D eigenvalue weighted by Crippen LogP contribution is 2.45. The number of aryl methyl sites for hydroxylation is 2. The van der Waals surface area contributed by atoms with E-state index in [9.17, 15) is 14.7 Å². The monoisotopic (exact) mass is 556 g/mol. The molecule has 1 aliphatic heterocycles. The van der Waals surface area contributed by atoms with Crippen LogP contribution in [0.5, 0.6) is 11.5 Å². The molecule has 0 aliphatic carbocycles. The minimum absolute atomic E-state index is 0.0154. The Labute approximate surface area is 237 Å². The molecule has 206 valence electrons. The lowest BCUT2D eigenvalue weighted by atomic mass is 9.95. The molecule has 1 unspecified atom stereocenters. The van der Waals surface area contributed by atoms with Crippen LogP contribution in [0.4, 0.5) is 5.13 Å². The van der Waals surface area contributed by atoms with Crippen LogP contribution in [-0.2, 0) is 9.59 Å². The van der Waals surface area contributed by atoms with Gasteiger partial charge in [-0.3, -0.25) is 14.5 Å². The van der Waals surface area contributed by atoms with Crippen molar-refractivity contribution in [1.82, 2.24) is 4.98 Å². The van der Waals surface area contributed by atoms with E-state index in [-0.39, 0.29) is 11.3 Å². The summed E-state index contributed by atoms with van der Waals surface area (Å²) in [6, 6.07) is 17.4. The minimum Gasteiger partial charge on any atom is -0.507 e. The summed E-state index contributed by atoms with van der Waals surface area (Å²) in [5.74, 6) is -0.372. The number of hydrogen-bond acceptors (Lipinski definition) is 7. The molecule has 40 heavy (non-hydrogen) atoms. The first kappa shape index (κ1) is 27.4. The van der Waals surface area contributed by atoms with Crippen LogP contribution in [0, 0.1) is 13.8 Å². The number of thiazole rings is 1. The van der Waals surface area contributed by atoms with Gasteiger partial charge in [-0.25, -0.2) is 4.98 Å². The number of hydrogen-bond donors (Lipinski definition) is 1. The van der Waals surface area contributed by atoms with Crippen LogP contribution >= 0.6 is 11.3 Å². The Morgan fingerprint density at radius 1 is 0.925 bits per heavy atom. The highest BCUT2D eigenvalue weighted by molar-refractivity contribution is 7.22. The summed E-state index contributed by atoms with van der Waals surface area (Å²) in [6.45, 7) is 9.21.